The van der Waals surface area contributed by atoms with E-state index in [1.54, 1.807) is 9.80 Å². The number of rotatable bonds is 44. The van der Waals surface area contributed by atoms with E-state index in [-0.39, 0.29) is 86.2 Å². The fraction of sp³-hybridized carbons (Fsp3) is 0.925. The minimum absolute atomic E-state index is 0.00347. The molecule has 5 fully saturated rings. The van der Waals surface area contributed by atoms with Gasteiger partial charge in [0, 0.05) is 104 Å². The molecule has 0 spiro atoms. The van der Waals surface area contributed by atoms with Gasteiger partial charge in [0.1, 0.15) is 5.78 Å². The van der Waals surface area contributed by atoms with Crippen molar-refractivity contribution in [2.24, 2.45) is 63.5 Å². The second-order valence-electron chi connectivity index (χ2n) is 27.4. The third-order valence-corrected chi connectivity index (χ3v) is 20.9. The van der Waals surface area contributed by atoms with Gasteiger partial charge in [0.2, 0.25) is 5.91 Å². The van der Waals surface area contributed by atoms with Gasteiger partial charge < -0.3 is 71.4 Å². The topological polar surface area (TPSA) is 300 Å². The van der Waals surface area contributed by atoms with Crippen LogP contribution in [0, 0.1) is 46.3 Å². The molecule has 0 bridgehead atoms. The first kappa shape index (κ1) is 77.5. The van der Waals surface area contributed by atoms with Crippen LogP contribution in [0.15, 0.2) is 0 Å². The van der Waals surface area contributed by atoms with Crippen LogP contribution in [-0.4, -0.2) is 266 Å². The molecule has 1 heterocycles. The Morgan fingerprint density at radius 1 is 0.578 bits per heavy atom. The Morgan fingerprint density at radius 3 is 1.68 bits per heavy atom. The third-order valence-electron chi connectivity index (χ3n) is 20.9. The molecule has 1 saturated heterocycles. The van der Waals surface area contributed by atoms with Gasteiger partial charge in [-0.2, -0.15) is 0 Å². The van der Waals surface area contributed by atoms with E-state index in [1.165, 1.54) is 51.9 Å². The largest absolute Gasteiger partial charge is 0.480 e. The van der Waals surface area contributed by atoms with Gasteiger partial charge >= 0.3 is 18.0 Å². The van der Waals surface area contributed by atoms with Crippen molar-refractivity contribution >= 4 is 29.7 Å². The van der Waals surface area contributed by atoms with Crippen LogP contribution in [0.3, 0.4) is 0 Å². The first-order valence-corrected chi connectivity index (χ1v) is 35.3. The zero-order chi connectivity index (χ0) is 65.2. The maximum absolute atomic E-state index is 13.9. The number of nitrogens with two attached hydrogens (primary N) is 3. The maximum atomic E-state index is 13.9. The van der Waals surface area contributed by atoms with E-state index in [0.717, 1.165) is 83.8 Å². The monoisotopic (exact) mass is 1280 g/mol. The molecule has 1 aliphatic heterocycles. The average molecular weight is 1280 g/mol. The van der Waals surface area contributed by atoms with Crippen molar-refractivity contribution in [2.75, 3.05) is 184 Å². The minimum Gasteiger partial charge on any atom is -0.480 e. The van der Waals surface area contributed by atoms with Crippen LogP contribution < -0.4 is 27.8 Å². The van der Waals surface area contributed by atoms with Crippen LogP contribution in [0.2, 0.25) is 0 Å². The standard InChI is InChI=1S/C67H126N10O13/c1-6-7-8-9-10-11-26-77(27-12-16-52(2)56-17-18-57-64-58(47-60(67(56,57)5)90-38-15-23-70)66(4)20-19-55(88-36-13-21-68)45-54(66)46-59(64)89-37-14-22-69)65(84)72-25-40-86-42-44-87-43-41-85-39-24-71-61(79)49-74-30-34-75(50-62(80)81)32-28-73(48-53(3)78)29-33-76(35-31-74)51-63(82)83/h52,54-60,64H,6-51,68-70H2,1-5H3,(H,71,79)(H,72,84)(H,80,81)(H,82,83)/t52?,54-,55+,56+,57-,58-,59+,60-,64-,66-,67+/m0/s1. The number of carbonyl (C=O) groups excluding carboxylic acids is 3. The summed E-state index contributed by atoms with van der Waals surface area (Å²) in [4.78, 5) is 71.7. The Bertz CT molecular complexity index is 2010. The molecule has 90 heavy (non-hydrogen) atoms. The van der Waals surface area contributed by atoms with Crippen molar-refractivity contribution in [3.05, 3.63) is 0 Å². The van der Waals surface area contributed by atoms with Gasteiger partial charge in [-0.25, -0.2) is 4.79 Å². The van der Waals surface area contributed by atoms with Gasteiger partial charge in [-0.15, -0.1) is 0 Å². The van der Waals surface area contributed by atoms with E-state index >= 15 is 0 Å². The summed E-state index contributed by atoms with van der Waals surface area (Å²) in [6.45, 7) is 22.9. The molecule has 0 radical (unpaired) electrons. The highest BCUT2D eigenvalue weighted by atomic mass is 16.5. The fourth-order valence-electron chi connectivity index (χ4n) is 16.1. The number of Topliss-reactive ketones (excluding diaryl/α,β-unsaturated/α-hetero) is 1. The lowest BCUT2D eigenvalue weighted by Crippen LogP contribution is -2.63. The molecule has 4 aliphatic carbocycles. The number of urea groups is 1. The second-order valence-corrected chi connectivity index (χ2v) is 27.4. The van der Waals surface area contributed by atoms with Crippen LogP contribution in [0.4, 0.5) is 4.79 Å². The molecule has 0 aromatic carbocycles. The number of unbranched alkanes of at least 4 members (excludes halogenated alkanes) is 5. The molecule has 11 atom stereocenters. The number of nitrogens with one attached hydrogen (secondary N) is 2. The molecule has 23 nitrogen and oxygen atoms in total. The van der Waals surface area contributed by atoms with E-state index in [9.17, 15) is 34.2 Å². The zero-order valence-electron chi connectivity index (χ0n) is 56.6. The molecular weight excluding hydrogens is 1150 g/mol. The Labute approximate surface area is 541 Å². The Morgan fingerprint density at radius 2 is 1.10 bits per heavy atom. The fourth-order valence-corrected chi connectivity index (χ4v) is 16.1. The normalized spacial score (nSPS) is 27.6. The Hall–Kier alpha value is -3.17. The third kappa shape index (κ3) is 26.2. The summed E-state index contributed by atoms with van der Waals surface area (Å²) < 4.78 is 37.9. The summed E-state index contributed by atoms with van der Waals surface area (Å²) in [5.41, 5.74) is 18.2. The lowest BCUT2D eigenvalue weighted by atomic mass is 9.43. The molecule has 23 heteroatoms. The van der Waals surface area contributed by atoms with Crippen LogP contribution in [-0.2, 0) is 47.6 Å². The van der Waals surface area contributed by atoms with Crippen LogP contribution in [0.1, 0.15) is 150 Å². The number of hydrogen-bond acceptors (Lipinski definition) is 18. The van der Waals surface area contributed by atoms with Crippen molar-refractivity contribution in [1.82, 2.24) is 35.1 Å². The molecule has 5 aliphatic rings. The van der Waals surface area contributed by atoms with Gasteiger partial charge in [-0.05, 0) is 151 Å². The molecule has 522 valence electrons. The smallest absolute Gasteiger partial charge is 0.317 e. The molecule has 5 rings (SSSR count). The van der Waals surface area contributed by atoms with Gasteiger partial charge in [-0.1, -0.05) is 59.8 Å². The number of ether oxygens (including phenoxy) is 6. The number of carboxylic acids is 2. The number of fused-ring (bicyclic) bond motifs is 5. The first-order chi connectivity index (χ1) is 43.5. The van der Waals surface area contributed by atoms with E-state index in [0.29, 0.717) is 167 Å². The number of ketones is 1. The van der Waals surface area contributed by atoms with Crippen LogP contribution in [0.5, 0.6) is 0 Å². The number of carbonyl (C=O) groups is 5. The van der Waals surface area contributed by atoms with E-state index < -0.39 is 11.9 Å². The molecule has 0 aromatic heterocycles. The minimum atomic E-state index is -0.961. The highest BCUT2D eigenvalue weighted by Gasteiger charge is 2.66. The van der Waals surface area contributed by atoms with E-state index in [4.69, 9.17) is 45.6 Å². The summed E-state index contributed by atoms with van der Waals surface area (Å²) in [7, 11) is 0. The van der Waals surface area contributed by atoms with Crippen LogP contribution >= 0.6 is 0 Å². The van der Waals surface area contributed by atoms with Crippen molar-refractivity contribution < 1.29 is 62.6 Å². The molecule has 1 unspecified atom stereocenters. The van der Waals surface area contributed by atoms with Gasteiger partial charge in [-0.3, -0.25) is 38.8 Å². The van der Waals surface area contributed by atoms with E-state index in [2.05, 4.69) is 38.3 Å². The number of hydrogen-bond donors (Lipinski definition) is 7. The van der Waals surface area contributed by atoms with Crippen molar-refractivity contribution in [2.45, 2.75) is 169 Å². The van der Waals surface area contributed by atoms with Gasteiger partial charge in [0.15, 0.2) is 0 Å². The summed E-state index contributed by atoms with van der Waals surface area (Å²) in [5, 5.41) is 25.2. The number of aliphatic carboxylic acids is 2. The summed E-state index contributed by atoms with van der Waals surface area (Å²) >= 11 is 0. The zero-order valence-corrected chi connectivity index (χ0v) is 56.6. The number of nitrogens with zero attached hydrogens (tertiary/aromatic N) is 5. The molecule has 4 saturated carbocycles. The predicted octanol–water partition coefficient (Wildman–Crippen LogP) is 5.00. The molecule has 10 N–H and O–H groups in total. The van der Waals surface area contributed by atoms with Gasteiger partial charge in [0.05, 0.1) is 84.1 Å². The number of carboxylic acid groups (broad SMARTS) is 2. The first-order valence-electron chi connectivity index (χ1n) is 35.3. The SMILES string of the molecule is CCCCCCCCN(CCCC(C)[C@H]1CC[C@H]2[C@@H]3[C@H](OCCCN)C[C@@H]4C[C@H](OCCCN)CC[C@]4(C)[C@H]3C[C@H](OCCCN)[C@]12C)C(=O)NCCOCCOCCOCCNC(=O)CN1CCN(CC(=O)O)CCN(CC(C)=O)CCN(CC(=O)O)CC1. The van der Waals surface area contributed by atoms with Crippen molar-refractivity contribution in [1.29, 1.82) is 0 Å². The quantitative estimate of drug-likeness (QED) is 0.0395. The number of amides is 3. The van der Waals surface area contributed by atoms with Crippen LogP contribution in [0.25, 0.3) is 0 Å². The highest BCUT2D eigenvalue weighted by Crippen LogP contribution is 2.69. The molecule has 3 amide bonds. The lowest BCUT2D eigenvalue weighted by Gasteiger charge is -2.65. The summed E-state index contributed by atoms with van der Waals surface area (Å²) in [6.07, 6.45) is 20.1. The van der Waals surface area contributed by atoms with Crippen molar-refractivity contribution in [3.63, 3.8) is 0 Å². The lowest BCUT2D eigenvalue weighted by molar-refractivity contribution is -0.227. The summed E-state index contributed by atoms with van der Waals surface area (Å²) in [6, 6.07) is -0.0346. The van der Waals surface area contributed by atoms with E-state index in [1.807, 2.05) is 14.7 Å². The average Bonchev–Trinajstić information content (AvgIpc) is 1.31. The second kappa shape index (κ2) is 43.0. The predicted molar refractivity (Wildman–Crippen MR) is 350 cm³/mol. The van der Waals surface area contributed by atoms with Crippen molar-refractivity contribution in [3.8, 4) is 0 Å². The maximum Gasteiger partial charge on any atom is 0.317 e. The Balaban J connectivity index is 1.04. The highest BCUT2D eigenvalue weighted by molar-refractivity contribution is 5.78. The van der Waals surface area contributed by atoms with Gasteiger partial charge in [0.25, 0.3) is 0 Å². The molecule has 0 aromatic rings. The summed E-state index contributed by atoms with van der Waals surface area (Å²) in [5.74, 6) is 0.848. The Kier molecular flexibility index (Phi) is 37.1. The molecular formula is C67H126N10O13.